The Balaban J connectivity index is 1.27. The smallest absolute Gasteiger partial charge is 0.257 e. The van der Waals surface area contributed by atoms with E-state index in [0.717, 1.165) is 55.2 Å². The summed E-state index contributed by atoms with van der Waals surface area (Å²) in [6, 6.07) is 17.8. The highest BCUT2D eigenvalue weighted by molar-refractivity contribution is 7.91. The minimum absolute atomic E-state index is 0.0198. The minimum atomic E-state index is -2.89. The van der Waals surface area contributed by atoms with Gasteiger partial charge in [0.2, 0.25) is 0 Å². The number of nitrogens with zero attached hydrogens (tertiary/aromatic N) is 4. The Morgan fingerprint density at radius 2 is 1.74 bits per heavy atom. The SMILES string of the molecule is COc1ccc([C@H]2CC(c3ccccc3)=NN2C(=O)CN2CCN([C@H]3CCS(=O)(=O)C3)CC2)cc1. The summed E-state index contributed by atoms with van der Waals surface area (Å²) in [5, 5.41) is 6.44. The van der Waals surface area contributed by atoms with Crippen LogP contribution in [0.3, 0.4) is 0 Å². The van der Waals surface area contributed by atoms with Crippen molar-refractivity contribution in [3.05, 3.63) is 65.7 Å². The van der Waals surface area contributed by atoms with E-state index in [9.17, 15) is 13.2 Å². The predicted molar refractivity (Wildman–Crippen MR) is 135 cm³/mol. The molecule has 3 aliphatic heterocycles. The number of amides is 1. The fourth-order valence-electron chi connectivity index (χ4n) is 5.24. The number of rotatable bonds is 6. The van der Waals surface area contributed by atoms with Crippen LogP contribution in [-0.2, 0) is 14.6 Å². The van der Waals surface area contributed by atoms with Crippen molar-refractivity contribution >= 4 is 21.5 Å². The highest BCUT2D eigenvalue weighted by Gasteiger charge is 2.36. The Bertz CT molecular complexity index is 1180. The van der Waals surface area contributed by atoms with Gasteiger partial charge in [0.05, 0.1) is 36.9 Å². The Labute approximate surface area is 207 Å². The molecular formula is C26H32N4O4S. The lowest BCUT2D eigenvalue weighted by Gasteiger charge is -2.37. The first-order valence-electron chi connectivity index (χ1n) is 12.2. The number of benzene rings is 2. The first-order chi connectivity index (χ1) is 16.9. The van der Waals surface area contributed by atoms with Gasteiger partial charge >= 0.3 is 0 Å². The maximum absolute atomic E-state index is 13.5. The van der Waals surface area contributed by atoms with E-state index in [1.807, 2.05) is 54.6 Å². The van der Waals surface area contributed by atoms with Crippen LogP contribution in [-0.4, -0.2) is 92.2 Å². The van der Waals surface area contributed by atoms with Crippen LogP contribution >= 0.6 is 0 Å². The van der Waals surface area contributed by atoms with Crippen molar-refractivity contribution in [2.24, 2.45) is 5.10 Å². The van der Waals surface area contributed by atoms with Crippen LogP contribution in [0.25, 0.3) is 0 Å². The maximum atomic E-state index is 13.5. The lowest BCUT2D eigenvalue weighted by Crippen LogP contribution is -2.52. The molecule has 0 unspecified atom stereocenters. The summed E-state index contributed by atoms with van der Waals surface area (Å²) in [5.74, 6) is 1.32. The van der Waals surface area contributed by atoms with E-state index in [0.29, 0.717) is 18.7 Å². The number of hydrazone groups is 1. The monoisotopic (exact) mass is 496 g/mol. The molecule has 0 saturated carbocycles. The number of methoxy groups -OCH3 is 1. The van der Waals surface area contributed by atoms with Gasteiger partial charge in [-0.2, -0.15) is 5.10 Å². The first-order valence-corrected chi connectivity index (χ1v) is 14.0. The average molecular weight is 497 g/mol. The molecule has 0 radical (unpaired) electrons. The van der Waals surface area contributed by atoms with Crippen LogP contribution in [0, 0.1) is 0 Å². The first kappa shape index (κ1) is 24.0. The van der Waals surface area contributed by atoms with Crippen molar-refractivity contribution in [1.82, 2.24) is 14.8 Å². The van der Waals surface area contributed by atoms with E-state index in [4.69, 9.17) is 9.84 Å². The molecule has 0 aromatic heterocycles. The molecule has 35 heavy (non-hydrogen) atoms. The maximum Gasteiger partial charge on any atom is 0.257 e. The summed E-state index contributed by atoms with van der Waals surface area (Å²) < 4.78 is 29.0. The number of hydrogen-bond acceptors (Lipinski definition) is 7. The second-order valence-corrected chi connectivity index (χ2v) is 11.7. The van der Waals surface area contributed by atoms with Gasteiger partial charge in [-0.1, -0.05) is 42.5 Å². The van der Waals surface area contributed by atoms with E-state index < -0.39 is 9.84 Å². The molecule has 0 spiro atoms. The molecule has 0 aliphatic carbocycles. The van der Waals surface area contributed by atoms with Gasteiger partial charge in [-0.15, -0.1) is 0 Å². The fraction of sp³-hybridized carbons (Fsp3) is 0.462. The summed E-state index contributed by atoms with van der Waals surface area (Å²) in [5.41, 5.74) is 2.97. The van der Waals surface area contributed by atoms with E-state index >= 15 is 0 Å². The summed E-state index contributed by atoms with van der Waals surface area (Å²) in [6.45, 7) is 3.37. The van der Waals surface area contributed by atoms with Crippen molar-refractivity contribution in [3.8, 4) is 5.75 Å². The van der Waals surface area contributed by atoms with Crippen LogP contribution in [0.15, 0.2) is 59.7 Å². The molecule has 2 aromatic carbocycles. The molecule has 8 nitrogen and oxygen atoms in total. The molecule has 2 aromatic rings. The van der Waals surface area contributed by atoms with Crippen molar-refractivity contribution < 1.29 is 17.9 Å². The minimum Gasteiger partial charge on any atom is -0.497 e. The van der Waals surface area contributed by atoms with Crippen LogP contribution in [0.5, 0.6) is 5.75 Å². The molecule has 5 rings (SSSR count). The van der Waals surface area contributed by atoms with Gasteiger partial charge in [0, 0.05) is 38.6 Å². The molecule has 1 amide bonds. The van der Waals surface area contributed by atoms with E-state index in [1.54, 1.807) is 12.1 Å². The molecule has 9 heteroatoms. The molecule has 0 N–H and O–H groups in total. The topological polar surface area (TPSA) is 82.5 Å². The quantitative estimate of drug-likeness (QED) is 0.610. The van der Waals surface area contributed by atoms with Crippen molar-refractivity contribution in [2.45, 2.75) is 24.9 Å². The summed E-state index contributed by atoms with van der Waals surface area (Å²) in [7, 11) is -1.25. The fourth-order valence-corrected chi connectivity index (χ4v) is 7.01. The second-order valence-electron chi connectivity index (χ2n) is 9.51. The van der Waals surface area contributed by atoms with Gasteiger partial charge in [0.15, 0.2) is 9.84 Å². The lowest BCUT2D eigenvalue weighted by molar-refractivity contribution is -0.134. The standard InChI is InChI=1S/C26H32N4O4S/c1-34-23-9-7-21(8-10-23)25-17-24(20-5-3-2-4-6-20)27-30(25)26(31)18-28-12-14-29(15-13-28)22-11-16-35(32,33)19-22/h2-10,22,25H,11-19H2,1H3/t22-,25+/m0/s1. The van der Waals surface area contributed by atoms with Crippen molar-refractivity contribution in [1.29, 1.82) is 0 Å². The second kappa shape index (κ2) is 10.1. The number of hydrogen-bond donors (Lipinski definition) is 0. The number of sulfone groups is 1. The van der Waals surface area contributed by atoms with Crippen LogP contribution in [0.2, 0.25) is 0 Å². The number of carbonyl (C=O) groups excluding carboxylic acids is 1. The highest BCUT2D eigenvalue weighted by atomic mass is 32.2. The van der Waals surface area contributed by atoms with E-state index in [-0.39, 0.29) is 23.7 Å². The number of ether oxygens (including phenoxy) is 1. The Morgan fingerprint density at radius 3 is 2.37 bits per heavy atom. The zero-order chi connectivity index (χ0) is 24.4. The Hall–Kier alpha value is -2.75. The van der Waals surface area contributed by atoms with E-state index in [1.165, 1.54) is 0 Å². The van der Waals surface area contributed by atoms with Gasteiger partial charge in [-0.25, -0.2) is 13.4 Å². The third kappa shape index (κ3) is 5.42. The third-order valence-corrected chi connectivity index (χ3v) is 9.01. The van der Waals surface area contributed by atoms with E-state index in [2.05, 4.69) is 9.80 Å². The van der Waals surface area contributed by atoms with Gasteiger partial charge in [-0.3, -0.25) is 14.6 Å². The molecule has 0 bridgehead atoms. The molecule has 186 valence electrons. The van der Waals surface area contributed by atoms with Crippen LogP contribution < -0.4 is 4.74 Å². The largest absolute Gasteiger partial charge is 0.497 e. The van der Waals surface area contributed by atoms with Crippen LogP contribution in [0.4, 0.5) is 0 Å². The molecule has 2 atom stereocenters. The highest BCUT2D eigenvalue weighted by Crippen LogP contribution is 2.33. The molecule has 3 aliphatic rings. The van der Waals surface area contributed by atoms with Crippen molar-refractivity contribution in [3.63, 3.8) is 0 Å². The van der Waals surface area contributed by atoms with Crippen LogP contribution in [0.1, 0.15) is 30.0 Å². The zero-order valence-electron chi connectivity index (χ0n) is 20.0. The molecule has 2 saturated heterocycles. The Kier molecular flexibility index (Phi) is 6.91. The number of carbonyl (C=O) groups is 1. The summed E-state index contributed by atoms with van der Waals surface area (Å²) in [6.07, 6.45) is 1.38. The van der Waals surface area contributed by atoms with Gasteiger partial charge in [-0.05, 0) is 29.7 Å². The predicted octanol–water partition coefficient (Wildman–Crippen LogP) is 2.18. The van der Waals surface area contributed by atoms with Gasteiger partial charge in [0.1, 0.15) is 5.75 Å². The lowest BCUT2D eigenvalue weighted by atomic mass is 9.98. The van der Waals surface area contributed by atoms with Gasteiger partial charge in [0.25, 0.3) is 5.91 Å². The molecule has 2 fully saturated rings. The average Bonchev–Trinajstić information content (AvgIpc) is 3.49. The van der Waals surface area contributed by atoms with Gasteiger partial charge < -0.3 is 4.74 Å². The summed E-state index contributed by atoms with van der Waals surface area (Å²) in [4.78, 5) is 17.9. The normalized spacial score (nSPS) is 24.9. The Morgan fingerprint density at radius 1 is 1.03 bits per heavy atom. The van der Waals surface area contributed by atoms with Crippen molar-refractivity contribution in [2.75, 3.05) is 51.3 Å². The molecule has 3 heterocycles. The third-order valence-electron chi connectivity index (χ3n) is 7.26. The molecular weight excluding hydrogens is 464 g/mol. The number of piperazine rings is 1. The zero-order valence-corrected chi connectivity index (χ0v) is 20.9. The summed E-state index contributed by atoms with van der Waals surface area (Å²) >= 11 is 0.